The van der Waals surface area contributed by atoms with E-state index in [1.54, 1.807) is 11.8 Å². The molecule has 0 aliphatic carbocycles. The maximum absolute atomic E-state index is 3.68. The molecule has 4 heteroatoms. The first-order valence-electron chi connectivity index (χ1n) is 6.97. The van der Waals surface area contributed by atoms with Gasteiger partial charge in [-0.3, -0.25) is 0 Å². The second-order valence-corrected chi connectivity index (χ2v) is 8.25. The smallest absolute Gasteiger partial charge is 0.0231 e. The van der Waals surface area contributed by atoms with E-state index in [4.69, 9.17) is 0 Å². The van der Waals surface area contributed by atoms with Crippen LogP contribution in [0, 0.1) is 5.92 Å². The Bertz CT molecular complexity index is 599. The van der Waals surface area contributed by atoms with Crippen LogP contribution in [-0.4, -0.2) is 6.54 Å². The van der Waals surface area contributed by atoms with Gasteiger partial charge in [0.05, 0.1) is 0 Å². The molecule has 0 aromatic heterocycles. The van der Waals surface area contributed by atoms with E-state index >= 15 is 0 Å². The van der Waals surface area contributed by atoms with E-state index in [1.165, 1.54) is 19.8 Å². The third-order valence-corrected chi connectivity index (χ3v) is 5.14. The maximum atomic E-state index is 3.68. The molecule has 0 atom stereocenters. The molecule has 0 fully saturated rings. The van der Waals surface area contributed by atoms with E-state index in [2.05, 4.69) is 87.4 Å². The van der Waals surface area contributed by atoms with Crippen molar-refractivity contribution >= 4 is 43.6 Å². The van der Waals surface area contributed by atoms with Crippen LogP contribution in [-0.2, 0) is 6.54 Å². The molecule has 0 saturated heterocycles. The van der Waals surface area contributed by atoms with Crippen molar-refractivity contribution in [3.05, 3.63) is 57.0 Å². The Balaban J connectivity index is 2.01. The fourth-order valence-electron chi connectivity index (χ4n) is 1.90. The maximum Gasteiger partial charge on any atom is 0.0231 e. The van der Waals surface area contributed by atoms with E-state index in [0.717, 1.165) is 17.6 Å². The Hall–Kier alpha value is -0.290. The molecule has 0 unspecified atom stereocenters. The summed E-state index contributed by atoms with van der Waals surface area (Å²) in [6, 6.07) is 14.9. The topological polar surface area (TPSA) is 12.0 Å². The van der Waals surface area contributed by atoms with Crippen LogP contribution >= 0.6 is 43.6 Å². The molecule has 0 amide bonds. The van der Waals surface area contributed by atoms with Crippen LogP contribution in [0.25, 0.3) is 0 Å². The molecule has 1 N–H and O–H groups in total. The van der Waals surface area contributed by atoms with Gasteiger partial charge in [-0.2, -0.15) is 0 Å². The van der Waals surface area contributed by atoms with Crippen molar-refractivity contribution in [3.8, 4) is 0 Å². The summed E-state index contributed by atoms with van der Waals surface area (Å²) in [7, 11) is 0. The van der Waals surface area contributed by atoms with E-state index in [-0.39, 0.29) is 0 Å². The van der Waals surface area contributed by atoms with E-state index in [0.29, 0.717) is 5.92 Å². The van der Waals surface area contributed by atoms with Crippen molar-refractivity contribution in [2.45, 2.75) is 30.2 Å². The summed E-state index contributed by atoms with van der Waals surface area (Å²) in [5, 5.41) is 3.48. The molecule has 0 saturated carbocycles. The van der Waals surface area contributed by atoms with Crippen LogP contribution < -0.4 is 5.32 Å². The lowest BCUT2D eigenvalue weighted by Crippen LogP contribution is -2.19. The molecule has 2 aromatic carbocycles. The van der Waals surface area contributed by atoms with Gasteiger partial charge in [0.1, 0.15) is 0 Å². The van der Waals surface area contributed by atoms with Crippen molar-refractivity contribution in [2.75, 3.05) is 6.54 Å². The van der Waals surface area contributed by atoms with Gasteiger partial charge in [-0.05, 0) is 48.4 Å². The fourth-order valence-corrected chi connectivity index (χ4v) is 4.04. The van der Waals surface area contributed by atoms with Gasteiger partial charge in [-0.1, -0.05) is 69.6 Å². The zero-order valence-electron chi connectivity index (χ0n) is 12.2. The summed E-state index contributed by atoms with van der Waals surface area (Å²) in [5.74, 6) is 0.676. The minimum atomic E-state index is 0.676. The summed E-state index contributed by atoms with van der Waals surface area (Å²) < 4.78 is 2.28. The molecular weight excluding hydrogens is 410 g/mol. The van der Waals surface area contributed by atoms with Crippen LogP contribution in [0.5, 0.6) is 0 Å². The largest absolute Gasteiger partial charge is 0.312 e. The first-order chi connectivity index (χ1) is 10.0. The lowest BCUT2D eigenvalue weighted by Gasteiger charge is -2.10. The Labute approximate surface area is 148 Å². The monoisotopic (exact) mass is 427 g/mol. The molecule has 0 bridgehead atoms. The number of benzene rings is 2. The lowest BCUT2D eigenvalue weighted by molar-refractivity contribution is 0.551. The highest BCUT2D eigenvalue weighted by atomic mass is 79.9. The molecule has 21 heavy (non-hydrogen) atoms. The van der Waals surface area contributed by atoms with Crippen LogP contribution in [0.2, 0.25) is 0 Å². The third kappa shape index (κ3) is 5.78. The number of nitrogens with one attached hydrogen (secondary N) is 1. The Morgan fingerprint density at radius 2 is 1.81 bits per heavy atom. The second kappa shape index (κ2) is 8.37. The van der Waals surface area contributed by atoms with Crippen LogP contribution in [0.15, 0.2) is 61.2 Å². The summed E-state index contributed by atoms with van der Waals surface area (Å²) in [5.41, 5.74) is 1.30. The van der Waals surface area contributed by atoms with Gasteiger partial charge in [0.25, 0.3) is 0 Å². The summed E-state index contributed by atoms with van der Waals surface area (Å²) >= 11 is 8.96. The average molecular weight is 429 g/mol. The highest BCUT2D eigenvalue weighted by Crippen LogP contribution is 2.32. The molecular formula is C17H19Br2NS. The molecule has 0 aliphatic rings. The van der Waals surface area contributed by atoms with Crippen LogP contribution in [0.3, 0.4) is 0 Å². The third-order valence-electron chi connectivity index (χ3n) is 2.92. The van der Waals surface area contributed by atoms with Gasteiger partial charge in [0.15, 0.2) is 0 Å². The van der Waals surface area contributed by atoms with E-state index in [9.17, 15) is 0 Å². The molecule has 1 nitrogen and oxygen atoms in total. The molecule has 0 spiro atoms. The fraction of sp³-hybridized carbons (Fsp3) is 0.294. The first-order valence-corrected chi connectivity index (χ1v) is 9.37. The predicted molar refractivity (Wildman–Crippen MR) is 99.0 cm³/mol. The minimum Gasteiger partial charge on any atom is -0.312 e. The van der Waals surface area contributed by atoms with E-state index < -0.39 is 0 Å². The SMILES string of the molecule is CC(C)CNCc1ccc(Sc2cccc(Br)c2)cc1Br. The summed E-state index contributed by atoms with van der Waals surface area (Å²) in [6.07, 6.45) is 0. The Morgan fingerprint density at radius 3 is 2.48 bits per heavy atom. The first kappa shape index (κ1) is 17.1. The Morgan fingerprint density at radius 1 is 1.05 bits per heavy atom. The highest BCUT2D eigenvalue weighted by molar-refractivity contribution is 9.10. The van der Waals surface area contributed by atoms with Gasteiger partial charge >= 0.3 is 0 Å². The second-order valence-electron chi connectivity index (χ2n) is 5.34. The quantitative estimate of drug-likeness (QED) is 0.595. The van der Waals surface area contributed by atoms with E-state index in [1.807, 2.05) is 6.07 Å². The lowest BCUT2D eigenvalue weighted by atomic mass is 10.2. The molecule has 2 aromatic rings. The van der Waals surface area contributed by atoms with Crippen molar-refractivity contribution < 1.29 is 0 Å². The van der Waals surface area contributed by atoms with Gasteiger partial charge in [0.2, 0.25) is 0 Å². The van der Waals surface area contributed by atoms with Gasteiger partial charge in [-0.15, -0.1) is 0 Å². The van der Waals surface area contributed by atoms with Gasteiger partial charge < -0.3 is 5.32 Å². The highest BCUT2D eigenvalue weighted by Gasteiger charge is 2.04. The molecule has 112 valence electrons. The average Bonchev–Trinajstić information content (AvgIpc) is 2.41. The molecule has 2 rings (SSSR count). The number of hydrogen-bond acceptors (Lipinski definition) is 2. The number of hydrogen-bond donors (Lipinski definition) is 1. The zero-order chi connectivity index (χ0) is 15.2. The van der Waals surface area contributed by atoms with Crippen molar-refractivity contribution in [3.63, 3.8) is 0 Å². The number of rotatable bonds is 6. The van der Waals surface area contributed by atoms with Crippen molar-refractivity contribution in [2.24, 2.45) is 5.92 Å². The zero-order valence-corrected chi connectivity index (χ0v) is 16.2. The normalized spacial score (nSPS) is 11.1. The van der Waals surface area contributed by atoms with Crippen LogP contribution in [0.4, 0.5) is 0 Å². The van der Waals surface area contributed by atoms with Gasteiger partial charge in [-0.25, -0.2) is 0 Å². The Kier molecular flexibility index (Phi) is 6.80. The van der Waals surface area contributed by atoms with Crippen molar-refractivity contribution in [1.82, 2.24) is 5.32 Å². The predicted octanol–water partition coefficient (Wildman–Crippen LogP) is 6.11. The van der Waals surface area contributed by atoms with Crippen LogP contribution in [0.1, 0.15) is 19.4 Å². The summed E-state index contributed by atoms with van der Waals surface area (Å²) in [4.78, 5) is 2.48. The molecule has 0 aliphatic heterocycles. The minimum absolute atomic E-state index is 0.676. The molecule has 0 radical (unpaired) electrons. The standard InChI is InChI=1S/C17H19Br2NS/c1-12(2)10-20-11-13-6-7-16(9-17(13)19)21-15-5-3-4-14(18)8-15/h3-9,12,20H,10-11H2,1-2H3. The summed E-state index contributed by atoms with van der Waals surface area (Å²) in [6.45, 7) is 6.39. The molecule has 0 heterocycles. The number of halogens is 2. The van der Waals surface area contributed by atoms with Crippen molar-refractivity contribution in [1.29, 1.82) is 0 Å². The van der Waals surface area contributed by atoms with Gasteiger partial charge in [0, 0.05) is 25.3 Å².